The number of hydrogen-bond acceptors (Lipinski definition) is 5. The van der Waals surface area contributed by atoms with E-state index in [0.717, 1.165) is 0 Å². The molecule has 1 heterocycles. The van der Waals surface area contributed by atoms with Crippen LogP contribution < -0.4 is 16.8 Å². The third kappa shape index (κ3) is 1.58. The van der Waals surface area contributed by atoms with E-state index in [4.69, 9.17) is 15.8 Å². The SMILES string of the molecule is Nc1nc2c(B(O)O)cccc2c(=O)[nH]1. The smallest absolute Gasteiger partial charge is 0.423 e. The fraction of sp³-hybridized carbons (Fsp3) is 0. The van der Waals surface area contributed by atoms with Gasteiger partial charge in [-0.25, -0.2) is 4.98 Å². The van der Waals surface area contributed by atoms with Gasteiger partial charge in [0.2, 0.25) is 5.95 Å². The first-order valence-corrected chi connectivity index (χ1v) is 4.24. The van der Waals surface area contributed by atoms with Crippen molar-refractivity contribution in [3.8, 4) is 0 Å². The molecule has 0 fully saturated rings. The number of fused-ring (bicyclic) bond motifs is 1. The Hall–Kier alpha value is -1.86. The molecule has 0 aliphatic carbocycles. The maximum Gasteiger partial charge on any atom is 0.490 e. The lowest BCUT2D eigenvalue weighted by Gasteiger charge is -2.04. The standard InChI is InChI=1S/C8H8BN3O3/c10-8-11-6-4(7(13)12-8)2-1-3-5(6)9(14)15/h1-3,14-15H,(H3,10,11,12,13). The first-order chi connectivity index (χ1) is 7.09. The average Bonchev–Trinajstić information content (AvgIpc) is 2.16. The van der Waals surface area contributed by atoms with Gasteiger partial charge in [-0.3, -0.25) is 9.78 Å². The Balaban J connectivity index is 2.91. The van der Waals surface area contributed by atoms with Crippen LogP contribution in [-0.4, -0.2) is 27.1 Å². The topological polar surface area (TPSA) is 112 Å². The minimum atomic E-state index is -1.68. The van der Waals surface area contributed by atoms with Crippen molar-refractivity contribution >= 4 is 29.4 Å². The summed E-state index contributed by atoms with van der Waals surface area (Å²) in [6.45, 7) is 0. The number of para-hydroxylation sites is 1. The molecule has 0 unspecified atom stereocenters. The number of benzene rings is 1. The Morgan fingerprint density at radius 3 is 2.80 bits per heavy atom. The third-order valence-electron chi connectivity index (χ3n) is 2.06. The van der Waals surface area contributed by atoms with Gasteiger partial charge in [0.15, 0.2) is 0 Å². The van der Waals surface area contributed by atoms with Gasteiger partial charge in [0.05, 0.1) is 10.9 Å². The minimum absolute atomic E-state index is 0.0550. The van der Waals surface area contributed by atoms with Crippen LogP contribution in [-0.2, 0) is 0 Å². The second-order valence-corrected chi connectivity index (χ2v) is 3.07. The van der Waals surface area contributed by atoms with Crippen molar-refractivity contribution in [2.75, 3.05) is 5.73 Å². The van der Waals surface area contributed by atoms with E-state index in [0.29, 0.717) is 0 Å². The molecule has 76 valence electrons. The molecule has 2 rings (SSSR count). The van der Waals surface area contributed by atoms with Gasteiger partial charge in [-0.2, -0.15) is 0 Å². The zero-order valence-corrected chi connectivity index (χ0v) is 7.64. The lowest BCUT2D eigenvalue weighted by Crippen LogP contribution is -2.32. The summed E-state index contributed by atoms with van der Waals surface area (Å²) in [6.07, 6.45) is 0. The van der Waals surface area contributed by atoms with Gasteiger partial charge >= 0.3 is 7.12 Å². The summed E-state index contributed by atoms with van der Waals surface area (Å²) in [6, 6.07) is 4.55. The number of anilines is 1. The molecule has 0 amide bonds. The fourth-order valence-corrected chi connectivity index (χ4v) is 1.41. The molecule has 0 spiro atoms. The number of nitrogens with zero attached hydrogens (tertiary/aromatic N) is 1. The van der Waals surface area contributed by atoms with Crippen LogP contribution in [0.1, 0.15) is 0 Å². The van der Waals surface area contributed by atoms with E-state index in [1.807, 2.05) is 0 Å². The van der Waals surface area contributed by atoms with Crippen molar-refractivity contribution in [1.29, 1.82) is 0 Å². The normalized spacial score (nSPS) is 10.5. The second-order valence-electron chi connectivity index (χ2n) is 3.07. The van der Waals surface area contributed by atoms with Crippen LogP contribution in [0.25, 0.3) is 10.9 Å². The van der Waals surface area contributed by atoms with E-state index < -0.39 is 12.7 Å². The molecule has 0 saturated heterocycles. The number of nitrogens with two attached hydrogens (primary N) is 1. The summed E-state index contributed by atoms with van der Waals surface area (Å²) in [5.41, 5.74) is 5.32. The monoisotopic (exact) mass is 205 g/mol. The Morgan fingerprint density at radius 1 is 1.40 bits per heavy atom. The van der Waals surface area contributed by atoms with E-state index in [1.165, 1.54) is 12.1 Å². The number of rotatable bonds is 1. The average molecular weight is 205 g/mol. The fourth-order valence-electron chi connectivity index (χ4n) is 1.41. The number of nitrogens with one attached hydrogen (secondary N) is 1. The zero-order valence-electron chi connectivity index (χ0n) is 7.64. The van der Waals surface area contributed by atoms with Gasteiger partial charge in [-0.05, 0) is 6.07 Å². The number of nitrogen functional groups attached to an aromatic ring is 1. The predicted molar refractivity (Wildman–Crippen MR) is 56.6 cm³/mol. The van der Waals surface area contributed by atoms with Crippen LogP contribution in [0.4, 0.5) is 5.95 Å². The molecule has 6 nitrogen and oxygen atoms in total. The van der Waals surface area contributed by atoms with E-state index >= 15 is 0 Å². The third-order valence-corrected chi connectivity index (χ3v) is 2.06. The highest BCUT2D eigenvalue weighted by Crippen LogP contribution is 2.04. The Labute approximate surface area is 84.5 Å². The largest absolute Gasteiger partial charge is 0.490 e. The first kappa shape index (κ1) is 9.69. The van der Waals surface area contributed by atoms with Gasteiger partial charge in [0, 0.05) is 5.46 Å². The summed E-state index contributed by atoms with van der Waals surface area (Å²) < 4.78 is 0. The molecule has 0 atom stereocenters. The molecule has 0 bridgehead atoms. The van der Waals surface area contributed by atoms with Crippen LogP contribution in [0.3, 0.4) is 0 Å². The van der Waals surface area contributed by atoms with Crippen LogP contribution >= 0.6 is 0 Å². The molecule has 0 saturated carbocycles. The maximum absolute atomic E-state index is 11.4. The number of aromatic nitrogens is 2. The number of H-pyrrole nitrogens is 1. The molecule has 0 aliphatic rings. The highest BCUT2D eigenvalue weighted by atomic mass is 16.4. The van der Waals surface area contributed by atoms with Crippen molar-refractivity contribution in [3.63, 3.8) is 0 Å². The van der Waals surface area contributed by atoms with Crippen molar-refractivity contribution < 1.29 is 10.0 Å². The highest BCUT2D eigenvalue weighted by molar-refractivity contribution is 6.61. The lowest BCUT2D eigenvalue weighted by molar-refractivity contribution is 0.426. The molecule has 1 aromatic heterocycles. The summed E-state index contributed by atoms with van der Waals surface area (Å²) in [4.78, 5) is 17.6. The summed E-state index contributed by atoms with van der Waals surface area (Å²) in [5.74, 6) is -0.0550. The number of aromatic amines is 1. The predicted octanol–water partition coefficient (Wildman–Crippen LogP) is -1.81. The van der Waals surface area contributed by atoms with Crippen LogP contribution in [0, 0.1) is 0 Å². The van der Waals surface area contributed by atoms with Gasteiger partial charge in [-0.15, -0.1) is 0 Å². The van der Waals surface area contributed by atoms with Crippen molar-refractivity contribution in [2.24, 2.45) is 0 Å². The second kappa shape index (κ2) is 3.37. The molecule has 0 aliphatic heterocycles. The Morgan fingerprint density at radius 2 is 2.13 bits per heavy atom. The lowest BCUT2D eigenvalue weighted by atomic mass is 9.79. The maximum atomic E-state index is 11.4. The molecular weight excluding hydrogens is 197 g/mol. The van der Waals surface area contributed by atoms with Crippen molar-refractivity contribution in [3.05, 3.63) is 28.6 Å². The minimum Gasteiger partial charge on any atom is -0.423 e. The van der Waals surface area contributed by atoms with Crippen molar-refractivity contribution in [1.82, 2.24) is 9.97 Å². The quantitative estimate of drug-likeness (QED) is 0.409. The molecule has 7 heteroatoms. The molecule has 5 N–H and O–H groups in total. The van der Waals surface area contributed by atoms with Crippen LogP contribution in [0.5, 0.6) is 0 Å². The molecule has 0 radical (unpaired) electrons. The first-order valence-electron chi connectivity index (χ1n) is 4.24. The van der Waals surface area contributed by atoms with Gasteiger partial charge < -0.3 is 15.8 Å². The molecule has 2 aromatic rings. The number of hydrogen-bond donors (Lipinski definition) is 4. The van der Waals surface area contributed by atoms with E-state index in [-0.39, 0.29) is 22.3 Å². The zero-order chi connectivity index (χ0) is 11.0. The van der Waals surface area contributed by atoms with Crippen molar-refractivity contribution in [2.45, 2.75) is 0 Å². The summed E-state index contributed by atoms with van der Waals surface area (Å²) in [7, 11) is -1.68. The summed E-state index contributed by atoms with van der Waals surface area (Å²) >= 11 is 0. The molecular formula is C8H8BN3O3. The van der Waals surface area contributed by atoms with Gasteiger partial charge in [-0.1, -0.05) is 12.1 Å². The van der Waals surface area contributed by atoms with Gasteiger partial charge in [0.1, 0.15) is 0 Å². The summed E-state index contributed by atoms with van der Waals surface area (Å²) in [5, 5.41) is 18.4. The highest BCUT2D eigenvalue weighted by Gasteiger charge is 2.16. The van der Waals surface area contributed by atoms with E-state index in [1.54, 1.807) is 6.07 Å². The van der Waals surface area contributed by atoms with E-state index in [2.05, 4.69) is 9.97 Å². The Bertz CT molecular complexity index is 567. The molecule has 1 aromatic carbocycles. The van der Waals surface area contributed by atoms with Crippen LogP contribution in [0.15, 0.2) is 23.0 Å². The Kier molecular flexibility index (Phi) is 2.18. The van der Waals surface area contributed by atoms with Gasteiger partial charge in [0.25, 0.3) is 5.56 Å². The molecule has 15 heavy (non-hydrogen) atoms. The van der Waals surface area contributed by atoms with E-state index in [9.17, 15) is 4.79 Å². The van der Waals surface area contributed by atoms with Crippen LogP contribution in [0.2, 0.25) is 0 Å².